The molecule has 6 rings (SSSR count). The van der Waals surface area contributed by atoms with Crippen molar-refractivity contribution >= 4 is 28.7 Å². The summed E-state index contributed by atoms with van der Waals surface area (Å²) in [6.45, 7) is 4.26. The number of carbonyl (C=O) groups excluding carboxylic acids is 3. The number of nitrogens with zero attached hydrogens (tertiary/aromatic N) is 2. The molecule has 1 aromatic heterocycles. The molecular formula is C32H32N4O3. The van der Waals surface area contributed by atoms with Crippen LogP contribution in [0.25, 0.3) is 10.9 Å². The van der Waals surface area contributed by atoms with Gasteiger partial charge in [-0.25, -0.2) is 9.69 Å². The van der Waals surface area contributed by atoms with Crippen molar-refractivity contribution in [1.82, 2.24) is 20.1 Å². The Hall–Kier alpha value is -4.39. The normalized spacial score (nSPS) is 19.4. The molecule has 2 aliphatic rings. The number of urea groups is 1. The second-order valence-corrected chi connectivity index (χ2v) is 10.6. The number of H-pyrrole nitrogens is 1. The van der Waals surface area contributed by atoms with Gasteiger partial charge in [-0.15, -0.1) is 0 Å². The molecule has 7 nitrogen and oxygen atoms in total. The first-order chi connectivity index (χ1) is 18.9. The van der Waals surface area contributed by atoms with Gasteiger partial charge in [-0.2, -0.15) is 0 Å². The number of para-hydroxylation sites is 1. The Morgan fingerprint density at radius 1 is 0.949 bits per heavy atom. The molecule has 2 aliphatic heterocycles. The van der Waals surface area contributed by atoms with E-state index in [4.69, 9.17) is 0 Å². The third-order valence-corrected chi connectivity index (χ3v) is 8.40. The number of fused-ring (bicyclic) bond motifs is 5. The van der Waals surface area contributed by atoms with E-state index in [2.05, 4.69) is 34.6 Å². The minimum atomic E-state index is -1.16. The zero-order chi connectivity index (χ0) is 27.1. The summed E-state index contributed by atoms with van der Waals surface area (Å²) in [5.74, 6) is -0.586. The van der Waals surface area contributed by atoms with Crippen molar-refractivity contribution in [3.8, 4) is 0 Å². The molecule has 198 valence electrons. The van der Waals surface area contributed by atoms with Crippen LogP contribution in [0.4, 0.5) is 4.79 Å². The van der Waals surface area contributed by atoms with E-state index in [0.29, 0.717) is 25.9 Å². The van der Waals surface area contributed by atoms with Crippen LogP contribution in [0.2, 0.25) is 0 Å². The summed E-state index contributed by atoms with van der Waals surface area (Å²) in [4.78, 5) is 46.8. The minimum Gasteiger partial charge on any atom is -0.356 e. The first-order valence-electron chi connectivity index (χ1n) is 13.5. The van der Waals surface area contributed by atoms with Crippen molar-refractivity contribution in [2.45, 2.75) is 44.2 Å². The third-order valence-electron chi connectivity index (χ3n) is 8.40. The summed E-state index contributed by atoms with van der Waals surface area (Å²) >= 11 is 0. The predicted molar refractivity (Wildman–Crippen MR) is 150 cm³/mol. The summed E-state index contributed by atoms with van der Waals surface area (Å²) < 4.78 is 0. The van der Waals surface area contributed by atoms with Crippen molar-refractivity contribution < 1.29 is 14.4 Å². The number of aromatic amines is 1. The number of hydrogen-bond acceptors (Lipinski definition) is 3. The van der Waals surface area contributed by atoms with Gasteiger partial charge in [0.2, 0.25) is 5.91 Å². The molecule has 0 saturated carbocycles. The Morgan fingerprint density at radius 2 is 1.56 bits per heavy atom. The van der Waals surface area contributed by atoms with E-state index < -0.39 is 17.6 Å². The number of carbonyl (C=O) groups is 3. The number of amides is 4. The van der Waals surface area contributed by atoms with Crippen LogP contribution >= 0.6 is 0 Å². The third kappa shape index (κ3) is 4.00. The second kappa shape index (κ2) is 9.73. The molecule has 0 bridgehead atoms. The van der Waals surface area contributed by atoms with Crippen LogP contribution in [0.3, 0.4) is 0 Å². The standard InChI is InChI=1S/C32H32N4O3/c1-21(29(37)33-19-17-24(22-11-5-3-6-12-22)23-13-7-4-8-14-23)36-30(38)32(2)28-26(18-20-35(32)31(36)39)25-15-9-10-16-27(25)34-28/h3-16,21,24,34H,17-20H2,1-2H3,(H,33,37)/t21-,32-/m0/s1. The average molecular weight is 521 g/mol. The second-order valence-electron chi connectivity index (χ2n) is 10.6. The van der Waals surface area contributed by atoms with E-state index in [-0.39, 0.29) is 17.7 Å². The lowest BCUT2D eigenvalue weighted by Gasteiger charge is -2.36. The van der Waals surface area contributed by atoms with Crippen LogP contribution in [0.15, 0.2) is 84.9 Å². The first-order valence-corrected chi connectivity index (χ1v) is 13.5. The van der Waals surface area contributed by atoms with Gasteiger partial charge in [0, 0.05) is 29.9 Å². The summed E-state index contributed by atoms with van der Waals surface area (Å²) in [5, 5.41) is 4.07. The van der Waals surface area contributed by atoms with E-state index in [1.807, 2.05) is 60.7 Å². The Morgan fingerprint density at radius 3 is 2.23 bits per heavy atom. The predicted octanol–water partition coefficient (Wildman–Crippen LogP) is 4.93. The summed E-state index contributed by atoms with van der Waals surface area (Å²) in [7, 11) is 0. The van der Waals surface area contributed by atoms with Crippen molar-refractivity contribution in [2.24, 2.45) is 0 Å². The van der Waals surface area contributed by atoms with Crippen LogP contribution in [0.1, 0.15) is 48.6 Å². The van der Waals surface area contributed by atoms with E-state index >= 15 is 0 Å². The number of rotatable bonds is 7. The van der Waals surface area contributed by atoms with Crippen molar-refractivity contribution in [3.63, 3.8) is 0 Å². The van der Waals surface area contributed by atoms with Gasteiger partial charge in [0.15, 0.2) is 5.54 Å². The molecule has 4 aromatic rings. The zero-order valence-electron chi connectivity index (χ0n) is 22.2. The molecule has 7 heteroatoms. The number of aromatic nitrogens is 1. The maximum absolute atomic E-state index is 13.9. The molecule has 2 N–H and O–H groups in total. The van der Waals surface area contributed by atoms with Gasteiger partial charge >= 0.3 is 6.03 Å². The van der Waals surface area contributed by atoms with Crippen LogP contribution < -0.4 is 5.32 Å². The highest BCUT2D eigenvalue weighted by atomic mass is 16.2. The highest BCUT2D eigenvalue weighted by molar-refractivity contribution is 6.10. The van der Waals surface area contributed by atoms with Crippen LogP contribution in [0.5, 0.6) is 0 Å². The SMILES string of the molecule is C[C@@H](C(=O)NCCC(c1ccccc1)c1ccccc1)N1C(=O)N2CCc3c([nH]c4ccccc34)[C@@]2(C)C1=O. The molecule has 4 amide bonds. The van der Waals surface area contributed by atoms with Gasteiger partial charge in [-0.05, 0) is 49.4 Å². The van der Waals surface area contributed by atoms with E-state index in [0.717, 1.165) is 27.1 Å². The highest BCUT2D eigenvalue weighted by Gasteiger charge is 2.60. The monoisotopic (exact) mass is 520 g/mol. The van der Waals surface area contributed by atoms with Gasteiger partial charge in [0.1, 0.15) is 6.04 Å². The highest BCUT2D eigenvalue weighted by Crippen LogP contribution is 2.44. The summed E-state index contributed by atoms with van der Waals surface area (Å²) in [6.07, 6.45) is 1.35. The molecule has 0 unspecified atom stereocenters. The molecule has 0 aliphatic carbocycles. The van der Waals surface area contributed by atoms with Crippen molar-refractivity contribution in [1.29, 1.82) is 0 Å². The maximum Gasteiger partial charge on any atom is 0.328 e. The summed E-state index contributed by atoms with van der Waals surface area (Å²) in [6, 6.07) is 27.0. The molecular weight excluding hydrogens is 488 g/mol. The van der Waals surface area contributed by atoms with E-state index in [1.54, 1.807) is 18.7 Å². The van der Waals surface area contributed by atoms with Crippen LogP contribution in [0, 0.1) is 0 Å². The van der Waals surface area contributed by atoms with Crippen molar-refractivity contribution in [3.05, 3.63) is 107 Å². The zero-order valence-corrected chi connectivity index (χ0v) is 22.2. The van der Waals surface area contributed by atoms with Crippen molar-refractivity contribution in [2.75, 3.05) is 13.1 Å². The Labute approximate surface area is 227 Å². The lowest BCUT2D eigenvalue weighted by atomic mass is 9.87. The Bertz CT molecular complexity index is 1510. The largest absolute Gasteiger partial charge is 0.356 e. The molecule has 0 spiro atoms. The molecule has 1 saturated heterocycles. The van der Waals surface area contributed by atoms with Crippen LogP contribution in [-0.4, -0.2) is 51.8 Å². The first kappa shape index (κ1) is 24.9. The lowest BCUT2D eigenvalue weighted by molar-refractivity contribution is -0.139. The van der Waals surface area contributed by atoms with Gasteiger partial charge < -0.3 is 15.2 Å². The number of hydrogen-bond donors (Lipinski definition) is 2. The molecule has 1 fully saturated rings. The molecule has 3 aromatic carbocycles. The Balaban J connectivity index is 1.19. The quantitative estimate of drug-likeness (QED) is 0.339. The maximum atomic E-state index is 13.9. The van der Waals surface area contributed by atoms with Gasteiger partial charge in [0.05, 0.1) is 5.69 Å². The Kier molecular flexibility index (Phi) is 6.22. The lowest BCUT2D eigenvalue weighted by Crippen LogP contribution is -2.50. The van der Waals surface area contributed by atoms with E-state index in [9.17, 15) is 14.4 Å². The number of benzene rings is 3. The fourth-order valence-corrected chi connectivity index (χ4v) is 6.26. The fourth-order valence-electron chi connectivity index (χ4n) is 6.26. The minimum absolute atomic E-state index is 0.117. The molecule has 39 heavy (non-hydrogen) atoms. The van der Waals surface area contributed by atoms with Gasteiger partial charge in [0.25, 0.3) is 5.91 Å². The smallest absolute Gasteiger partial charge is 0.328 e. The summed E-state index contributed by atoms with van der Waals surface area (Å²) in [5.41, 5.74) is 3.95. The van der Waals surface area contributed by atoms with E-state index in [1.165, 1.54) is 11.1 Å². The molecule has 0 radical (unpaired) electrons. The number of imide groups is 1. The number of nitrogens with one attached hydrogen (secondary N) is 2. The molecule has 2 atom stereocenters. The average Bonchev–Trinajstić information content (AvgIpc) is 3.44. The molecule has 3 heterocycles. The van der Waals surface area contributed by atoms with Gasteiger partial charge in [-0.1, -0.05) is 78.9 Å². The fraction of sp³-hybridized carbons (Fsp3) is 0.281. The van der Waals surface area contributed by atoms with Gasteiger partial charge in [-0.3, -0.25) is 9.59 Å². The van der Waals surface area contributed by atoms with Crippen LogP contribution in [-0.2, 0) is 21.5 Å². The topological polar surface area (TPSA) is 85.5 Å².